The van der Waals surface area contributed by atoms with Gasteiger partial charge in [0.05, 0.1) is 16.1 Å². The Morgan fingerprint density at radius 1 is 1.00 bits per heavy atom. The number of thiophene rings is 1. The zero-order valence-corrected chi connectivity index (χ0v) is 14.3. The molecule has 0 saturated heterocycles. The van der Waals surface area contributed by atoms with Gasteiger partial charge < -0.3 is 0 Å². The van der Waals surface area contributed by atoms with E-state index in [0.29, 0.717) is 5.57 Å². The summed E-state index contributed by atoms with van der Waals surface area (Å²) in [5, 5.41) is 16.7. The molecule has 0 N–H and O–H groups in total. The molecule has 0 spiro atoms. The highest BCUT2D eigenvalue weighted by molar-refractivity contribution is 7.14. The smallest absolute Gasteiger partial charge is 0.134 e. The molecule has 4 rings (SSSR count). The highest BCUT2D eigenvalue weighted by Crippen LogP contribution is 2.30. The van der Waals surface area contributed by atoms with Crippen molar-refractivity contribution < 1.29 is 0 Å². The molecule has 2 aromatic carbocycles. The van der Waals surface area contributed by atoms with Crippen molar-refractivity contribution in [2.45, 2.75) is 0 Å². The average Bonchev–Trinajstić information content (AvgIpc) is 3.31. The molecule has 2 aromatic heterocycles. The van der Waals surface area contributed by atoms with Gasteiger partial charge in [0.15, 0.2) is 0 Å². The van der Waals surface area contributed by atoms with Gasteiger partial charge >= 0.3 is 0 Å². The lowest BCUT2D eigenvalue weighted by atomic mass is 10.0. The number of benzene rings is 2. The number of thiazole rings is 1. The van der Waals surface area contributed by atoms with Crippen LogP contribution in [0.1, 0.15) is 10.6 Å². The van der Waals surface area contributed by atoms with Crippen molar-refractivity contribution >= 4 is 45.1 Å². The Balaban J connectivity index is 1.78. The number of rotatable bonds is 3. The van der Waals surface area contributed by atoms with Crippen LogP contribution in [0.4, 0.5) is 0 Å². The van der Waals surface area contributed by atoms with E-state index in [2.05, 4.69) is 29.3 Å². The number of aromatic nitrogens is 1. The fourth-order valence-corrected chi connectivity index (χ4v) is 4.15. The third kappa shape index (κ3) is 2.76. The first kappa shape index (κ1) is 14.8. The standard InChI is InChI=1S/C20H12N2S2/c21-12-16(20-22-18(13-24-20)19-9-4-10-23-19)11-15-7-3-6-14-5-1-2-8-17(14)15/h1-11,13H/b16-11+. The molecule has 114 valence electrons. The van der Waals surface area contributed by atoms with E-state index in [1.54, 1.807) is 11.3 Å². The molecule has 0 radical (unpaired) electrons. The van der Waals surface area contributed by atoms with Crippen molar-refractivity contribution in [2.75, 3.05) is 0 Å². The van der Waals surface area contributed by atoms with Crippen LogP contribution in [-0.4, -0.2) is 4.98 Å². The summed E-state index contributed by atoms with van der Waals surface area (Å²) in [5.41, 5.74) is 2.57. The maximum absolute atomic E-state index is 9.60. The Hall–Kier alpha value is -2.74. The molecule has 0 saturated carbocycles. The van der Waals surface area contributed by atoms with Crippen molar-refractivity contribution in [2.24, 2.45) is 0 Å². The first-order chi connectivity index (χ1) is 11.8. The van der Waals surface area contributed by atoms with Gasteiger partial charge in [-0.05, 0) is 33.9 Å². The normalized spacial score (nSPS) is 11.5. The van der Waals surface area contributed by atoms with Crippen molar-refractivity contribution in [3.8, 4) is 16.6 Å². The molecule has 0 aliphatic rings. The van der Waals surface area contributed by atoms with Crippen LogP contribution in [0.25, 0.3) is 33.0 Å². The highest BCUT2D eigenvalue weighted by Gasteiger charge is 2.10. The topological polar surface area (TPSA) is 36.7 Å². The fraction of sp³-hybridized carbons (Fsp3) is 0. The van der Waals surface area contributed by atoms with Gasteiger partial charge in [0.25, 0.3) is 0 Å². The van der Waals surface area contributed by atoms with Gasteiger partial charge in [-0.2, -0.15) is 5.26 Å². The van der Waals surface area contributed by atoms with Crippen LogP contribution in [0.2, 0.25) is 0 Å². The van der Waals surface area contributed by atoms with Gasteiger partial charge in [-0.25, -0.2) is 4.98 Å². The van der Waals surface area contributed by atoms with Crippen LogP contribution < -0.4 is 0 Å². The predicted molar refractivity (Wildman–Crippen MR) is 103 cm³/mol. The largest absolute Gasteiger partial charge is 0.234 e. The maximum Gasteiger partial charge on any atom is 0.134 e. The van der Waals surface area contributed by atoms with E-state index in [0.717, 1.165) is 26.5 Å². The van der Waals surface area contributed by atoms with Gasteiger partial charge in [-0.15, -0.1) is 22.7 Å². The Kier molecular flexibility index (Phi) is 3.96. The van der Waals surface area contributed by atoms with Crippen LogP contribution in [0.5, 0.6) is 0 Å². The lowest BCUT2D eigenvalue weighted by Gasteiger charge is -2.02. The molecule has 0 unspecified atom stereocenters. The first-order valence-corrected chi connectivity index (χ1v) is 9.20. The molecular weight excluding hydrogens is 332 g/mol. The van der Waals surface area contributed by atoms with Crippen molar-refractivity contribution in [1.29, 1.82) is 5.26 Å². The van der Waals surface area contributed by atoms with E-state index in [9.17, 15) is 5.26 Å². The van der Waals surface area contributed by atoms with Crippen molar-refractivity contribution in [1.82, 2.24) is 4.98 Å². The number of fused-ring (bicyclic) bond motifs is 1. The van der Waals surface area contributed by atoms with E-state index >= 15 is 0 Å². The van der Waals surface area contributed by atoms with Crippen LogP contribution in [0.3, 0.4) is 0 Å². The Morgan fingerprint density at radius 3 is 2.71 bits per heavy atom. The summed E-state index contributed by atoms with van der Waals surface area (Å²) in [6, 6.07) is 20.7. The highest BCUT2D eigenvalue weighted by atomic mass is 32.1. The average molecular weight is 344 g/mol. The second-order valence-corrected chi connectivity index (χ2v) is 7.06. The third-order valence-electron chi connectivity index (χ3n) is 3.75. The zero-order valence-electron chi connectivity index (χ0n) is 12.6. The SMILES string of the molecule is N#C/C(=C\c1cccc2ccccc12)c1nc(-c2cccs2)cs1. The lowest BCUT2D eigenvalue weighted by Crippen LogP contribution is -1.83. The molecule has 0 amide bonds. The van der Waals surface area contributed by atoms with Crippen LogP contribution >= 0.6 is 22.7 Å². The second-order valence-electron chi connectivity index (χ2n) is 5.25. The van der Waals surface area contributed by atoms with E-state index in [-0.39, 0.29) is 0 Å². The monoisotopic (exact) mass is 344 g/mol. The quantitative estimate of drug-likeness (QED) is 0.422. The van der Waals surface area contributed by atoms with Gasteiger partial charge in [-0.1, -0.05) is 48.5 Å². The minimum Gasteiger partial charge on any atom is -0.234 e. The van der Waals surface area contributed by atoms with Crippen molar-refractivity contribution in [3.63, 3.8) is 0 Å². The summed E-state index contributed by atoms with van der Waals surface area (Å²) in [7, 11) is 0. The van der Waals surface area contributed by atoms with Gasteiger partial charge in [0, 0.05) is 5.38 Å². The summed E-state index contributed by atoms with van der Waals surface area (Å²) in [6.45, 7) is 0. The molecule has 0 fully saturated rings. The second kappa shape index (κ2) is 6.40. The third-order valence-corrected chi connectivity index (χ3v) is 5.52. The predicted octanol–water partition coefficient (Wildman–Crippen LogP) is 6.09. The summed E-state index contributed by atoms with van der Waals surface area (Å²) >= 11 is 3.17. The van der Waals surface area contributed by atoms with E-state index < -0.39 is 0 Å². The molecule has 2 heterocycles. The molecule has 4 aromatic rings. The van der Waals surface area contributed by atoms with Crippen LogP contribution in [0.15, 0.2) is 65.4 Å². The number of hydrogen-bond acceptors (Lipinski definition) is 4. The zero-order chi connectivity index (χ0) is 16.4. The Morgan fingerprint density at radius 2 is 1.88 bits per heavy atom. The summed E-state index contributed by atoms with van der Waals surface area (Å²) in [5.74, 6) is 0. The maximum atomic E-state index is 9.60. The molecule has 0 aliphatic carbocycles. The van der Waals surface area contributed by atoms with Gasteiger partial charge in [-0.3, -0.25) is 0 Å². The number of allylic oxidation sites excluding steroid dienone is 1. The minimum absolute atomic E-state index is 0.596. The lowest BCUT2D eigenvalue weighted by molar-refractivity contribution is 1.38. The van der Waals surface area contributed by atoms with Gasteiger partial charge in [0.2, 0.25) is 0 Å². The number of nitrogens with zero attached hydrogens (tertiary/aromatic N) is 2. The summed E-state index contributed by atoms with van der Waals surface area (Å²) in [6.07, 6.45) is 1.93. The fourth-order valence-electron chi connectivity index (χ4n) is 2.61. The number of nitriles is 1. The van der Waals surface area contributed by atoms with E-state index in [4.69, 9.17) is 0 Å². The minimum atomic E-state index is 0.596. The first-order valence-electron chi connectivity index (χ1n) is 7.44. The summed E-state index contributed by atoms with van der Waals surface area (Å²) in [4.78, 5) is 5.76. The Bertz CT molecular complexity index is 1060. The number of hydrogen-bond donors (Lipinski definition) is 0. The molecule has 2 nitrogen and oxygen atoms in total. The van der Waals surface area contributed by atoms with E-state index in [1.165, 1.54) is 16.7 Å². The molecule has 0 bridgehead atoms. The molecule has 0 aliphatic heterocycles. The van der Waals surface area contributed by atoms with Gasteiger partial charge in [0.1, 0.15) is 11.1 Å². The molecule has 0 atom stereocenters. The van der Waals surface area contributed by atoms with Crippen molar-refractivity contribution in [3.05, 3.63) is 75.9 Å². The van der Waals surface area contributed by atoms with E-state index in [1.807, 2.05) is 53.2 Å². The van der Waals surface area contributed by atoms with Crippen LogP contribution in [0, 0.1) is 11.3 Å². The summed E-state index contributed by atoms with van der Waals surface area (Å²) < 4.78 is 0. The van der Waals surface area contributed by atoms with Crippen LogP contribution in [-0.2, 0) is 0 Å². The Labute approximate surface area is 148 Å². The molecule has 24 heavy (non-hydrogen) atoms. The molecular formula is C20H12N2S2. The molecule has 4 heteroatoms.